The number of carbonyl (C=O) groups is 2. The van der Waals surface area contributed by atoms with Crippen molar-refractivity contribution in [3.63, 3.8) is 0 Å². The van der Waals surface area contributed by atoms with Crippen LogP contribution in [0.1, 0.15) is 25.7 Å². The van der Waals surface area contributed by atoms with Gasteiger partial charge in [-0.2, -0.15) is 87.4 Å². The number of halogens is 18. The Balaban J connectivity index is -0.00000840. The summed E-state index contributed by atoms with van der Waals surface area (Å²) in [7, 11) is -6.88. The second-order valence-electron chi connectivity index (χ2n) is 8.36. The number of alkyl halides is 18. The van der Waals surface area contributed by atoms with Gasteiger partial charge in [-0.25, -0.2) is 0 Å². The van der Waals surface area contributed by atoms with Gasteiger partial charge in [-0.05, 0) is 12.8 Å². The van der Waals surface area contributed by atoms with Gasteiger partial charge in [-0.15, -0.1) is 0 Å². The van der Waals surface area contributed by atoms with E-state index in [0.717, 1.165) is 0 Å². The number of aliphatic carboxylic acids is 2. The standard InChI is InChI=1S/C16H12F18O7S.2Na/c17-9(18,11(21,22)13(25,26)15(29,30)31)3-1-8(7(37)38,5(6(35)36)42(39,40)41)2-4-10(19,20)12(23,24)14(27,28)16(32,33)34;;/h5H,1-4H2,(H,35,36)(H,37,38)(H,39,40,41);;/q;2*+1/p-2. The molecule has 250 valence electrons. The molecule has 0 fully saturated rings. The van der Waals surface area contributed by atoms with Crippen LogP contribution in [0.3, 0.4) is 0 Å². The fourth-order valence-corrected chi connectivity index (χ4v) is 4.37. The van der Waals surface area contributed by atoms with Crippen LogP contribution in [-0.2, 0) is 19.7 Å². The van der Waals surface area contributed by atoms with Crippen LogP contribution in [-0.4, -0.2) is 78.0 Å². The maximum Gasteiger partial charge on any atom is 1.00 e. The molecule has 0 saturated carbocycles. The molecule has 0 heterocycles. The Labute approximate surface area is 276 Å². The molecule has 0 aliphatic rings. The summed E-state index contributed by atoms with van der Waals surface area (Å²) in [6.07, 6.45) is -28.8. The van der Waals surface area contributed by atoms with Crippen molar-refractivity contribution in [3.8, 4) is 0 Å². The summed E-state index contributed by atoms with van der Waals surface area (Å²) in [5, 5.41) is 18.1. The van der Waals surface area contributed by atoms with Crippen molar-refractivity contribution >= 4 is 22.1 Å². The molecular formula is C16H10F18Na2O7S. The fourth-order valence-electron chi connectivity index (χ4n) is 3.22. The summed E-state index contributed by atoms with van der Waals surface area (Å²) < 4.78 is 267. The van der Waals surface area contributed by atoms with E-state index >= 15 is 0 Å². The molecule has 1 unspecified atom stereocenters. The predicted octanol–water partition coefficient (Wildman–Crippen LogP) is -2.77. The summed E-state index contributed by atoms with van der Waals surface area (Å²) in [6, 6.07) is 0. The summed E-state index contributed by atoms with van der Waals surface area (Å²) >= 11 is 0. The van der Waals surface area contributed by atoms with Crippen molar-refractivity contribution in [2.24, 2.45) is 5.41 Å². The molecule has 0 aliphatic heterocycles. The van der Waals surface area contributed by atoms with Crippen LogP contribution in [0.15, 0.2) is 0 Å². The number of carboxylic acid groups (broad SMARTS) is 2. The Morgan fingerprint density at radius 1 is 0.545 bits per heavy atom. The Morgan fingerprint density at radius 2 is 0.795 bits per heavy atom. The van der Waals surface area contributed by atoms with Crippen LogP contribution >= 0.6 is 0 Å². The molecule has 28 heteroatoms. The third-order valence-corrected chi connectivity index (χ3v) is 6.85. The summed E-state index contributed by atoms with van der Waals surface area (Å²) in [5.41, 5.74) is -5.09. The predicted molar refractivity (Wildman–Crippen MR) is 88.0 cm³/mol. The first-order chi connectivity index (χ1) is 17.9. The van der Waals surface area contributed by atoms with E-state index in [1.807, 2.05) is 0 Å². The minimum atomic E-state index is -7.75. The maximum absolute atomic E-state index is 13.9. The molecular weight excluding hydrogens is 724 g/mol. The summed E-state index contributed by atoms with van der Waals surface area (Å²) in [6.45, 7) is 0. The summed E-state index contributed by atoms with van der Waals surface area (Å²) in [5.74, 6) is -52.2. The van der Waals surface area contributed by atoms with Gasteiger partial charge in [0.25, 0.3) is 10.1 Å². The van der Waals surface area contributed by atoms with Crippen LogP contribution in [0.4, 0.5) is 79.0 Å². The molecule has 0 amide bonds. The second-order valence-corrected chi connectivity index (χ2v) is 9.86. The molecule has 0 radical (unpaired) electrons. The van der Waals surface area contributed by atoms with Gasteiger partial charge in [0.05, 0.1) is 5.97 Å². The van der Waals surface area contributed by atoms with Crippen molar-refractivity contribution in [1.82, 2.24) is 0 Å². The minimum Gasteiger partial charge on any atom is -0.549 e. The van der Waals surface area contributed by atoms with Crippen LogP contribution in [0, 0.1) is 5.41 Å². The molecule has 0 aromatic carbocycles. The number of rotatable bonds is 14. The first kappa shape index (κ1) is 48.0. The van der Waals surface area contributed by atoms with E-state index < -0.39 is 106 Å². The molecule has 0 aliphatic carbocycles. The van der Waals surface area contributed by atoms with E-state index in [2.05, 4.69) is 0 Å². The van der Waals surface area contributed by atoms with Gasteiger partial charge in [0.1, 0.15) is 5.25 Å². The molecule has 44 heavy (non-hydrogen) atoms. The van der Waals surface area contributed by atoms with E-state index in [0.29, 0.717) is 0 Å². The third kappa shape index (κ3) is 8.54. The van der Waals surface area contributed by atoms with Crippen LogP contribution in [0.25, 0.3) is 0 Å². The molecule has 7 nitrogen and oxygen atoms in total. The van der Waals surface area contributed by atoms with E-state index in [-0.39, 0.29) is 59.1 Å². The van der Waals surface area contributed by atoms with E-state index in [4.69, 9.17) is 4.55 Å². The SMILES string of the molecule is O=C([O-])C(C(CCC(F)(F)C(F)(F)C(F)(F)C(F)(F)F)(CCC(F)(F)C(F)(F)C(F)(F)C(F)(F)F)C(=O)[O-])S(=O)(=O)O.[Na+].[Na+]. The average Bonchev–Trinajstić information content (AvgIpc) is 2.71. The third-order valence-electron chi connectivity index (χ3n) is 5.61. The van der Waals surface area contributed by atoms with Crippen LogP contribution < -0.4 is 69.3 Å². The monoisotopic (exact) mass is 734 g/mol. The van der Waals surface area contributed by atoms with Crippen LogP contribution in [0.2, 0.25) is 0 Å². The Bertz CT molecular complexity index is 1080. The zero-order chi connectivity index (χ0) is 34.6. The van der Waals surface area contributed by atoms with E-state index in [1.165, 1.54) is 0 Å². The van der Waals surface area contributed by atoms with Gasteiger partial charge in [0, 0.05) is 24.2 Å². The molecule has 0 aromatic heterocycles. The van der Waals surface area contributed by atoms with Crippen molar-refractivity contribution in [2.45, 2.75) is 78.8 Å². The van der Waals surface area contributed by atoms with Gasteiger partial charge >= 0.3 is 107 Å². The second kappa shape index (κ2) is 14.0. The van der Waals surface area contributed by atoms with Crippen molar-refractivity contribution in [2.75, 3.05) is 0 Å². The van der Waals surface area contributed by atoms with Gasteiger partial charge in [-0.3, -0.25) is 4.55 Å². The van der Waals surface area contributed by atoms with Gasteiger partial charge in [0.15, 0.2) is 0 Å². The molecule has 1 atom stereocenters. The van der Waals surface area contributed by atoms with Crippen molar-refractivity contribution in [3.05, 3.63) is 0 Å². The number of carboxylic acids is 2. The molecule has 0 bridgehead atoms. The first-order valence-corrected chi connectivity index (χ1v) is 11.2. The fraction of sp³-hybridized carbons (Fsp3) is 0.875. The Morgan fingerprint density at radius 3 is 0.955 bits per heavy atom. The zero-order valence-electron chi connectivity index (χ0n) is 21.0. The quantitative estimate of drug-likeness (QED) is 0.116. The zero-order valence-corrected chi connectivity index (χ0v) is 25.8. The number of carbonyl (C=O) groups excluding carboxylic acids is 2. The van der Waals surface area contributed by atoms with E-state index in [1.54, 1.807) is 0 Å². The van der Waals surface area contributed by atoms with Crippen molar-refractivity contribution in [1.29, 1.82) is 0 Å². The summed E-state index contributed by atoms with van der Waals surface area (Å²) in [4.78, 5) is 22.7. The number of hydrogen-bond donors (Lipinski definition) is 1. The minimum absolute atomic E-state index is 0. The molecule has 0 rings (SSSR count). The number of hydrogen-bond acceptors (Lipinski definition) is 6. The Hall–Kier alpha value is -0.410. The van der Waals surface area contributed by atoms with Crippen molar-refractivity contribution < 1.29 is 171 Å². The topological polar surface area (TPSA) is 135 Å². The smallest absolute Gasteiger partial charge is 0.549 e. The molecule has 0 aromatic rings. The normalized spacial score (nSPS) is 15.6. The maximum atomic E-state index is 13.9. The average molecular weight is 734 g/mol. The van der Waals surface area contributed by atoms with Gasteiger partial charge in [-0.1, -0.05) is 0 Å². The largest absolute Gasteiger partial charge is 1.00 e. The van der Waals surface area contributed by atoms with Gasteiger partial charge < -0.3 is 19.8 Å². The molecule has 0 spiro atoms. The first-order valence-electron chi connectivity index (χ1n) is 9.71. The Kier molecular flexibility index (Phi) is 15.2. The van der Waals surface area contributed by atoms with Crippen LogP contribution in [0.5, 0.6) is 0 Å². The molecule has 1 N–H and O–H groups in total. The molecule has 0 saturated heterocycles. The van der Waals surface area contributed by atoms with E-state index in [9.17, 15) is 107 Å². The van der Waals surface area contributed by atoms with Gasteiger partial charge in [0.2, 0.25) is 0 Å².